The van der Waals surface area contributed by atoms with Crippen molar-refractivity contribution in [3.05, 3.63) is 88.3 Å². The van der Waals surface area contributed by atoms with Crippen molar-refractivity contribution in [2.24, 2.45) is 11.8 Å². The first-order chi connectivity index (χ1) is 21.3. The van der Waals surface area contributed by atoms with Gasteiger partial charge < -0.3 is 20.5 Å². The van der Waals surface area contributed by atoms with Crippen LogP contribution in [0.3, 0.4) is 0 Å². The van der Waals surface area contributed by atoms with Gasteiger partial charge in [0.2, 0.25) is 11.8 Å². The molecule has 0 aliphatic heterocycles. The number of nitrogens with one attached hydrogen (secondary N) is 2. The molecule has 44 heavy (non-hydrogen) atoms. The fourth-order valence-corrected chi connectivity index (χ4v) is 8.27. The SMILES string of the molecule is CCC(Sc1cccc(NC(=O)C2CC=CCC2C(=O)O)c1)C(=O)Nc1sc2c(c1C(=O)OC)CCC(c1ccccc1)C2. The van der Waals surface area contributed by atoms with Gasteiger partial charge in [-0.25, -0.2) is 4.79 Å². The topological polar surface area (TPSA) is 122 Å². The normalized spacial score (nSPS) is 19.8. The Bertz CT molecular complexity index is 1570. The number of anilines is 2. The van der Waals surface area contributed by atoms with E-state index in [0.717, 1.165) is 34.6 Å². The molecule has 2 aliphatic rings. The van der Waals surface area contributed by atoms with Crippen LogP contribution in [-0.4, -0.2) is 41.2 Å². The number of carbonyl (C=O) groups excluding carboxylic acids is 3. The zero-order valence-electron chi connectivity index (χ0n) is 24.7. The minimum Gasteiger partial charge on any atom is -0.481 e. The summed E-state index contributed by atoms with van der Waals surface area (Å²) in [5.74, 6) is -3.02. The molecule has 2 amide bonds. The molecule has 4 atom stereocenters. The molecule has 0 saturated heterocycles. The number of carbonyl (C=O) groups is 4. The number of benzene rings is 2. The number of thioether (sulfide) groups is 1. The van der Waals surface area contributed by atoms with Gasteiger partial charge in [0.05, 0.1) is 29.8 Å². The molecule has 10 heteroatoms. The predicted molar refractivity (Wildman–Crippen MR) is 173 cm³/mol. The van der Waals surface area contributed by atoms with Crippen molar-refractivity contribution in [2.45, 2.75) is 61.5 Å². The van der Waals surface area contributed by atoms with Crippen molar-refractivity contribution in [1.29, 1.82) is 0 Å². The van der Waals surface area contributed by atoms with Gasteiger partial charge in [0.25, 0.3) is 0 Å². The summed E-state index contributed by atoms with van der Waals surface area (Å²) in [6, 6.07) is 17.6. The van der Waals surface area contributed by atoms with E-state index in [0.29, 0.717) is 41.4 Å². The number of esters is 1. The predicted octanol–water partition coefficient (Wildman–Crippen LogP) is 6.92. The maximum Gasteiger partial charge on any atom is 0.341 e. The van der Waals surface area contributed by atoms with Crippen molar-refractivity contribution in [3.8, 4) is 0 Å². The lowest BCUT2D eigenvalue weighted by molar-refractivity contribution is -0.146. The highest BCUT2D eigenvalue weighted by molar-refractivity contribution is 8.00. The number of amides is 2. The van der Waals surface area contributed by atoms with E-state index in [9.17, 15) is 24.3 Å². The lowest BCUT2D eigenvalue weighted by Gasteiger charge is -2.24. The van der Waals surface area contributed by atoms with Gasteiger partial charge in [-0.1, -0.05) is 55.5 Å². The molecular formula is C34H36N2O6S2. The highest BCUT2D eigenvalue weighted by Crippen LogP contribution is 2.43. The molecule has 0 spiro atoms. The van der Waals surface area contributed by atoms with E-state index in [1.165, 1.54) is 35.8 Å². The standard InChI is InChI=1S/C34H36N2O6S2/c1-3-27(43-23-13-9-12-22(19-23)35-30(37)24-14-7-8-15-25(24)33(39)40)31(38)36-32-29(34(41)42-2)26-17-16-21(18-28(26)44-32)20-10-5-4-6-11-20/h4-13,19,21,24-25,27H,3,14-18H2,1-2H3,(H,35,37)(H,36,38)(H,39,40). The van der Waals surface area contributed by atoms with Gasteiger partial charge in [0.15, 0.2) is 0 Å². The average molecular weight is 633 g/mol. The van der Waals surface area contributed by atoms with Crippen molar-refractivity contribution >= 4 is 57.5 Å². The van der Waals surface area contributed by atoms with Crippen LogP contribution in [0.1, 0.15) is 64.9 Å². The van der Waals surface area contributed by atoms with Gasteiger partial charge in [-0.15, -0.1) is 23.1 Å². The average Bonchev–Trinajstić information content (AvgIpc) is 3.40. The highest BCUT2D eigenvalue weighted by Gasteiger charge is 2.34. The third kappa shape index (κ3) is 7.08. The molecule has 0 fully saturated rings. The van der Waals surface area contributed by atoms with Crippen LogP contribution < -0.4 is 10.6 Å². The van der Waals surface area contributed by atoms with Crippen molar-refractivity contribution in [1.82, 2.24) is 0 Å². The molecule has 3 aromatic rings. The Morgan fingerprint density at radius 3 is 2.48 bits per heavy atom. The molecule has 3 N–H and O–H groups in total. The molecule has 4 unspecified atom stereocenters. The summed E-state index contributed by atoms with van der Waals surface area (Å²) >= 11 is 2.83. The van der Waals surface area contributed by atoms with Crippen LogP contribution in [0.2, 0.25) is 0 Å². The van der Waals surface area contributed by atoms with Crippen LogP contribution in [0.5, 0.6) is 0 Å². The third-order valence-electron chi connectivity index (χ3n) is 8.29. The molecule has 0 saturated carbocycles. The first-order valence-corrected chi connectivity index (χ1v) is 16.5. The summed E-state index contributed by atoms with van der Waals surface area (Å²) in [6.07, 6.45) is 7.35. The molecule has 0 radical (unpaired) electrons. The molecule has 1 aromatic heterocycles. The van der Waals surface area contributed by atoms with E-state index in [1.807, 2.05) is 37.3 Å². The number of ether oxygens (including phenoxy) is 1. The zero-order chi connectivity index (χ0) is 31.2. The van der Waals surface area contributed by atoms with Gasteiger partial charge in [-0.05, 0) is 73.8 Å². The third-order valence-corrected chi connectivity index (χ3v) is 10.8. The number of hydrogen-bond acceptors (Lipinski definition) is 7. The van der Waals surface area contributed by atoms with Gasteiger partial charge in [0.1, 0.15) is 5.00 Å². The van der Waals surface area contributed by atoms with E-state index in [1.54, 1.807) is 24.3 Å². The summed E-state index contributed by atoms with van der Waals surface area (Å²) in [4.78, 5) is 53.0. The van der Waals surface area contributed by atoms with E-state index in [2.05, 4.69) is 22.8 Å². The minimum absolute atomic E-state index is 0.214. The fourth-order valence-electron chi connectivity index (χ4n) is 5.94. The molecule has 0 bridgehead atoms. The number of carboxylic acids is 1. The molecule has 5 rings (SSSR count). The number of methoxy groups -OCH3 is 1. The number of thiophene rings is 1. The maximum atomic E-state index is 13.6. The summed E-state index contributed by atoms with van der Waals surface area (Å²) in [7, 11) is 1.36. The number of allylic oxidation sites excluding steroid dienone is 2. The second-order valence-electron chi connectivity index (χ2n) is 11.1. The van der Waals surface area contributed by atoms with E-state index in [4.69, 9.17) is 4.74 Å². The van der Waals surface area contributed by atoms with Crippen LogP contribution in [-0.2, 0) is 32.0 Å². The molecule has 2 aliphatic carbocycles. The van der Waals surface area contributed by atoms with Crippen LogP contribution in [0.15, 0.2) is 71.6 Å². The first-order valence-electron chi connectivity index (χ1n) is 14.8. The number of fused-ring (bicyclic) bond motifs is 1. The Hall–Kier alpha value is -3.89. The zero-order valence-corrected chi connectivity index (χ0v) is 26.3. The smallest absolute Gasteiger partial charge is 0.341 e. The largest absolute Gasteiger partial charge is 0.481 e. The molecule has 2 aromatic carbocycles. The highest BCUT2D eigenvalue weighted by atomic mass is 32.2. The van der Waals surface area contributed by atoms with Crippen LogP contribution in [0.4, 0.5) is 10.7 Å². The van der Waals surface area contributed by atoms with Gasteiger partial charge in [-0.3, -0.25) is 14.4 Å². The Morgan fingerprint density at radius 1 is 1.02 bits per heavy atom. The Morgan fingerprint density at radius 2 is 1.77 bits per heavy atom. The second-order valence-corrected chi connectivity index (χ2v) is 13.4. The Labute approximate surface area is 265 Å². The molecule has 1 heterocycles. The lowest BCUT2D eigenvalue weighted by Crippen LogP contribution is -2.34. The number of hydrogen-bond donors (Lipinski definition) is 3. The van der Waals surface area contributed by atoms with E-state index >= 15 is 0 Å². The molecule has 8 nitrogen and oxygen atoms in total. The van der Waals surface area contributed by atoms with E-state index < -0.39 is 29.0 Å². The van der Waals surface area contributed by atoms with Crippen LogP contribution >= 0.6 is 23.1 Å². The monoisotopic (exact) mass is 632 g/mol. The molecule has 230 valence electrons. The Kier molecular flexibility index (Phi) is 10.2. The number of carboxylic acid groups (broad SMARTS) is 1. The second kappa shape index (κ2) is 14.3. The fraction of sp³-hybridized carbons (Fsp3) is 0.353. The van der Waals surface area contributed by atoms with Crippen molar-refractivity contribution < 1.29 is 29.0 Å². The lowest BCUT2D eigenvalue weighted by atomic mass is 9.82. The van der Waals surface area contributed by atoms with Gasteiger partial charge in [0, 0.05) is 15.5 Å². The number of rotatable bonds is 10. The Balaban J connectivity index is 1.29. The minimum atomic E-state index is -0.978. The summed E-state index contributed by atoms with van der Waals surface area (Å²) in [6.45, 7) is 1.93. The maximum absolute atomic E-state index is 13.6. The van der Waals surface area contributed by atoms with Crippen molar-refractivity contribution in [2.75, 3.05) is 17.7 Å². The van der Waals surface area contributed by atoms with Gasteiger partial charge in [-0.2, -0.15) is 0 Å². The quantitative estimate of drug-likeness (QED) is 0.126. The van der Waals surface area contributed by atoms with Crippen LogP contribution in [0.25, 0.3) is 0 Å². The molecular weight excluding hydrogens is 597 g/mol. The van der Waals surface area contributed by atoms with Gasteiger partial charge >= 0.3 is 11.9 Å². The number of aliphatic carboxylic acids is 1. The first kappa shape index (κ1) is 31.5. The summed E-state index contributed by atoms with van der Waals surface area (Å²) in [5, 5.41) is 15.5. The summed E-state index contributed by atoms with van der Waals surface area (Å²) in [5.41, 5.74) is 3.23. The van der Waals surface area contributed by atoms with E-state index in [-0.39, 0.29) is 11.8 Å². The summed E-state index contributed by atoms with van der Waals surface area (Å²) < 4.78 is 5.13. The van der Waals surface area contributed by atoms with Crippen LogP contribution in [0, 0.1) is 11.8 Å². The van der Waals surface area contributed by atoms with Crippen molar-refractivity contribution in [3.63, 3.8) is 0 Å².